The Morgan fingerprint density at radius 1 is 1.11 bits per heavy atom. The molecular weight excluding hydrogens is 346 g/mol. The number of ether oxygens (including phenoxy) is 1. The van der Waals surface area contributed by atoms with Crippen molar-refractivity contribution in [2.45, 2.75) is 0 Å². The Morgan fingerprint density at radius 2 is 1.93 bits per heavy atom. The fourth-order valence-electron chi connectivity index (χ4n) is 3.34. The molecule has 0 bridgehead atoms. The highest BCUT2D eigenvalue weighted by atomic mass is 16.6. The molecule has 27 heavy (non-hydrogen) atoms. The number of nitrogens with zero attached hydrogens (tertiary/aromatic N) is 4. The van der Waals surface area contributed by atoms with Crippen LogP contribution in [-0.2, 0) is 4.79 Å². The van der Waals surface area contributed by atoms with E-state index in [4.69, 9.17) is 9.37 Å². The topological polar surface area (TPSA) is 83.7 Å². The number of carbonyl (C=O) groups is 1. The average molecular weight is 367 g/mol. The number of hydrogen-bond acceptors (Lipinski definition) is 7. The quantitative estimate of drug-likeness (QED) is 0.738. The number of fused-ring (bicyclic) bond motifs is 1. The lowest BCUT2D eigenvalue weighted by molar-refractivity contribution is -0.117. The number of methoxy groups -OCH3 is 1. The van der Waals surface area contributed by atoms with E-state index in [9.17, 15) is 4.79 Å². The zero-order valence-corrected chi connectivity index (χ0v) is 15.1. The van der Waals surface area contributed by atoms with E-state index in [1.54, 1.807) is 19.2 Å². The SMILES string of the molecule is COc1ccccc1N1CCN(CC(=O)Nc2cccc3nonc23)CC1. The van der Waals surface area contributed by atoms with Crippen LogP contribution in [0.3, 0.4) is 0 Å². The molecule has 3 aromatic rings. The summed E-state index contributed by atoms with van der Waals surface area (Å²) in [7, 11) is 1.68. The van der Waals surface area contributed by atoms with Gasteiger partial charge in [-0.2, -0.15) is 0 Å². The minimum Gasteiger partial charge on any atom is -0.495 e. The van der Waals surface area contributed by atoms with Crippen LogP contribution in [0.5, 0.6) is 5.75 Å². The minimum atomic E-state index is -0.0729. The van der Waals surface area contributed by atoms with Crippen molar-refractivity contribution in [3.8, 4) is 5.75 Å². The van der Waals surface area contributed by atoms with Crippen molar-refractivity contribution in [2.75, 3.05) is 50.1 Å². The van der Waals surface area contributed by atoms with Crippen LogP contribution in [0, 0.1) is 0 Å². The molecule has 0 saturated carbocycles. The normalized spacial score (nSPS) is 15.1. The van der Waals surface area contributed by atoms with E-state index in [2.05, 4.69) is 31.5 Å². The maximum Gasteiger partial charge on any atom is 0.238 e. The molecule has 1 aliphatic heterocycles. The molecule has 1 amide bonds. The van der Waals surface area contributed by atoms with Gasteiger partial charge in [-0.05, 0) is 34.6 Å². The van der Waals surface area contributed by atoms with Gasteiger partial charge in [-0.3, -0.25) is 9.69 Å². The standard InChI is InChI=1S/C19H21N5O3/c1-26-17-8-3-2-7-16(17)24-11-9-23(10-12-24)13-18(25)20-14-5-4-6-15-19(14)22-27-21-15/h2-8H,9-13H2,1H3,(H,20,25). The van der Waals surface area contributed by atoms with Gasteiger partial charge >= 0.3 is 0 Å². The number of benzene rings is 2. The van der Waals surface area contributed by atoms with Gasteiger partial charge in [0.05, 0.1) is 25.0 Å². The first-order chi connectivity index (χ1) is 13.2. The second-order valence-electron chi connectivity index (χ2n) is 6.42. The first-order valence-electron chi connectivity index (χ1n) is 8.86. The molecular formula is C19H21N5O3. The molecule has 0 unspecified atom stereocenters. The predicted octanol–water partition coefficient (Wildman–Crippen LogP) is 1.99. The zero-order chi connectivity index (χ0) is 18.6. The highest BCUT2D eigenvalue weighted by Crippen LogP contribution is 2.28. The van der Waals surface area contributed by atoms with E-state index in [0.717, 1.165) is 37.6 Å². The molecule has 0 spiro atoms. The van der Waals surface area contributed by atoms with E-state index in [-0.39, 0.29) is 5.91 Å². The van der Waals surface area contributed by atoms with Crippen LogP contribution in [0.1, 0.15) is 0 Å². The van der Waals surface area contributed by atoms with Gasteiger partial charge in [-0.25, -0.2) is 4.63 Å². The molecule has 8 nitrogen and oxygen atoms in total. The Hall–Kier alpha value is -3.13. The van der Waals surface area contributed by atoms with Crippen LogP contribution in [0.25, 0.3) is 11.0 Å². The number of anilines is 2. The monoisotopic (exact) mass is 367 g/mol. The van der Waals surface area contributed by atoms with E-state index in [1.807, 2.05) is 24.3 Å². The molecule has 4 rings (SSSR count). The van der Waals surface area contributed by atoms with Crippen LogP contribution in [-0.4, -0.2) is 61.0 Å². The van der Waals surface area contributed by atoms with Crippen LogP contribution in [0.15, 0.2) is 47.1 Å². The molecule has 0 radical (unpaired) electrons. The largest absolute Gasteiger partial charge is 0.495 e. The second-order valence-corrected chi connectivity index (χ2v) is 6.42. The Balaban J connectivity index is 1.34. The maximum atomic E-state index is 12.4. The summed E-state index contributed by atoms with van der Waals surface area (Å²) in [4.78, 5) is 16.9. The summed E-state index contributed by atoms with van der Waals surface area (Å²) in [5, 5.41) is 10.5. The van der Waals surface area contributed by atoms with Gasteiger partial charge < -0.3 is 15.0 Å². The molecule has 1 fully saturated rings. The second kappa shape index (κ2) is 7.63. The smallest absolute Gasteiger partial charge is 0.238 e. The predicted molar refractivity (Wildman–Crippen MR) is 102 cm³/mol. The van der Waals surface area contributed by atoms with Crippen molar-refractivity contribution in [1.82, 2.24) is 15.2 Å². The highest BCUT2D eigenvalue weighted by molar-refractivity contribution is 5.99. The summed E-state index contributed by atoms with van der Waals surface area (Å²) in [5.41, 5.74) is 2.89. The summed E-state index contributed by atoms with van der Waals surface area (Å²) in [6.07, 6.45) is 0. The summed E-state index contributed by atoms with van der Waals surface area (Å²) in [5.74, 6) is 0.800. The van der Waals surface area contributed by atoms with Crippen molar-refractivity contribution < 1.29 is 14.2 Å². The molecule has 1 aromatic heterocycles. The van der Waals surface area contributed by atoms with Crippen molar-refractivity contribution >= 4 is 28.3 Å². The molecule has 2 heterocycles. The van der Waals surface area contributed by atoms with Crippen molar-refractivity contribution in [3.63, 3.8) is 0 Å². The van der Waals surface area contributed by atoms with Gasteiger partial charge in [0.15, 0.2) is 5.52 Å². The molecule has 0 aliphatic carbocycles. The molecule has 2 aromatic carbocycles. The lowest BCUT2D eigenvalue weighted by Crippen LogP contribution is -2.48. The van der Waals surface area contributed by atoms with Crippen molar-refractivity contribution in [3.05, 3.63) is 42.5 Å². The number of nitrogens with one attached hydrogen (secondary N) is 1. The summed E-state index contributed by atoms with van der Waals surface area (Å²) < 4.78 is 10.2. The fraction of sp³-hybridized carbons (Fsp3) is 0.316. The van der Waals surface area contributed by atoms with Crippen LogP contribution in [0.4, 0.5) is 11.4 Å². The molecule has 140 valence electrons. The lowest BCUT2D eigenvalue weighted by Gasteiger charge is -2.36. The van der Waals surface area contributed by atoms with Gasteiger partial charge in [0, 0.05) is 26.2 Å². The van der Waals surface area contributed by atoms with Gasteiger partial charge in [0.1, 0.15) is 11.3 Å². The Bertz CT molecular complexity index is 934. The third-order valence-electron chi connectivity index (χ3n) is 4.73. The number of amides is 1. The number of aromatic nitrogens is 2. The van der Waals surface area contributed by atoms with Gasteiger partial charge in [0.2, 0.25) is 5.91 Å². The van der Waals surface area contributed by atoms with Crippen LogP contribution < -0.4 is 15.0 Å². The summed E-state index contributed by atoms with van der Waals surface area (Å²) in [6, 6.07) is 13.4. The zero-order valence-electron chi connectivity index (χ0n) is 15.1. The van der Waals surface area contributed by atoms with E-state index in [0.29, 0.717) is 23.3 Å². The maximum absolute atomic E-state index is 12.4. The highest BCUT2D eigenvalue weighted by Gasteiger charge is 2.21. The van der Waals surface area contributed by atoms with E-state index >= 15 is 0 Å². The third kappa shape index (κ3) is 3.70. The van der Waals surface area contributed by atoms with Crippen molar-refractivity contribution in [2.24, 2.45) is 0 Å². The van der Waals surface area contributed by atoms with Crippen LogP contribution >= 0.6 is 0 Å². The number of para-hydroxylation sites is 2. The molecule has 0 atom stereocenters. The van der Waals surface area contributed by atoms with Gasteiger partial charge in [-0.1, -0.05) is 18.2 Å². The molecule has 8 heteroatoms. The van der Waals surface area contributed by atoms with Crippen molar-refractivity contribution in [1.29, 1.82) is 0 Å². The average Bonchev–Trinajstić information content (AvgIpc) is 3.18. The number of piperazine rings is 1. The number of hydrogen-bond donors (Lipinski definition) is 1. The summed E-state index contributed by atoms with van der Waals surface area (Å²) >= 11 is 0. The van der Waals surface area contributed by atoms with E-state index in [1.165, 1.54) is 0 Å². The number of carbonyl (C=O) groups excluding carboxylic acids is 1. The first-order valence-corrected chi connectivity index (χ1v) is 8.86. The summed E-state index contributed by atoms with van der Waals surface area (Å²) in [6.45, 7) is 3.64. The van der Waals surface area contributed by atoms with Crippen LogP contribution in [0.2, 0.25) is 0 Å². The molecule has 1 aliphatic rings. The van der Waals surface area contributed by atoms with Gasteiger partial charge in [-0.15, -0.1) is 0 Å². The Kier molecular flexibility index (Phi) is 4.88. The Labute approximate surface area is 156 Å². The number of rotatable bonds is 5. The van der Waals surface area contributed by atoms with E-state index < -0.39 is 0 Å². The third-order valence-corrected chi connectivity index (χ3v) is 4.73. The van der Waals surface area contributed by atoms with Gasteiger partial charge in [0.25, 0.3) is 0 Å². The minimum absolute atomic E-state index is 0.0729. The molecule has 1 N–H and O–H groups in total. The first kappa shape index (κ1) is 17.3. The lowest BCUT2D eigenvalue weighted by atomic mass is 10.2. The molecule has 1 saturated heterocycles. The Morgan fingerprint density at radius 3 is 2.74 bits per heavy atom. The fourth-order valence-corrected chi connectivity index (χ4v) is 3.34.